The van der Waals surface area contributed by atoms with Gasteiger partial charge in [0.25, 0.3) is 5.69 Å². The number of thioether (sulfide) groups is 1. The molecule has 1 N–H and O–H groups in total. The Hall–Kier alpha value is -2.41. The fourth-order valence-electron chi connectivity index (χ4n) is 1.79. The summed E-state index contributed by atoms with van der Waals surface area (Å²) in [6.45, 7) is 1.73. The third-order valence-electron chi connectivity index (χ3n) is 2.82. The molecule has 0 aliphatic carbocycles. The molecule has 0 saturated carbocycles. The van der Waals surface area contributed by atoms with Gasteiger partial charge in [-0.2, -0.15) is 0 Å². The minimum Gasteiger partial charge on any atom is -0.320 e. The molecule has 2 aromatic carbocycles. The second kappa shape index (κ2) is 7.04. The molecule has 0 aromatic heterocycles. The molecular weight excluding hydrogens is 307 g/mol. The Morgan fingerprint density at radius 1 is 1.32 bits per heavy atom. The van der Waals surface area contributed by atoms with Crippen LogP contribution < -0.4 is 5.32 Å². The average Bonchev–Trinajstić information content (AvgIpc) is 2.48. The second-order valence-corrected chi connectivity index (χ2v) is 5.56. The summed E-state index contributed by atoms with van der Waals surface area (Å²) in [7, 11) is 0. The summed E-state index contributed by atoms with van der Waals surface area (Å²) in [6, 6.07) is 10.7. The van der Waals surface area contributed by atoms with Crippen molar-refractivity contribution in [1.82, 2.24) is 0 Å². The molecule has 0 atom stereocenters. The van der Waals surface area contributed by atoms with Crippen molar-refractivity contribution in [2.24, 2.45) is 0 Å². The maximum absolute atomic E-state index is 13.4. The molecule has 7 heteroatoms. The molecule has 5 nitrogen and oxygen atoms in total. The first-order valence-electron chi connectivity index (χ1n) is 6.39. The average molecular weight is 320 g/mol. The highest BCUT2D eigenvalue weighted by Crippen LogP contribution is 2.26. The lowest BCUT2D eigenvalue weighted by molar-refractivity contribution is -0.384. The van der Waals surface area contributed by atoms with Crippen molar-refractivity contribution < 1.29 is 14.1 Å². The lowest BCUT2D eigenvalue weighted by Gasteiger charge is -2.07. The summed E-state index contributed by atoms with van der Waals surface area (Å²) in [5.74, 6) is -0.867. The largest absolute Gasteiger partial charge is 0.320 e. The number of nitro groups is 1. The van der Waals surface area contributed by atoms with Crippen LogP contribution in [0.25, 0.3) is 0 Å². The van der Waals surface area contributed by atoms with Crippen LogP contribution in [0.3, 0.4) is 0 Å². The van der Waals surface area contributed by atoms with Crippen LogP contribution in [0.4, 0.5) is 15.8 Å². The van der Waals surface area contributed by atoms with Gasteiger partial charge in [0.2, 0.25) is 5.91 Å². The Morgan fingerprint density at radius 3 is 2.73 bits per heavy atom. The van der Waals surface area contributed by atoms with E-state index in [-0.39, 0.29) is 17.1 Å². The summed E-state index contributed by atoms with van der Waals surface area (Å²) in [4.78, 5) is 22.7. The number of nitrogens with one attached hydrogen (secondary N) is 1. The Kier molecular flexibility index (Phi) is 5.11. The minimum atomic E-state index is -0.549. The number of rotatable bonds is 5. The van der Waals surface area contributed by atoms with Gasteiger partial charge < -0.3 is 5.32 Å². The number of aryl methyl sites for hydroxylation is 1. The summed E-state index contributed by atoms with van der Waals surface area (Å²) >= 11 is 1.03. The second-order valence-electron chi connectivity index (χ2n) is 4.54. The van der Waals surface area contributed by atoms with Crippen LogP contribution >= 0.6 is 11.8 Å². The normalized spacial score (nSPS) is 10.3. The van der Waals surface area contributed by atoms with E-state index < -0.39 is 16.6 Å². The first kappa shape index (κ1) is 16.0. The van der Waals surface area contributed by atoms with E-state index in [1.807, 2.05) is 0 Å². The molecule has 0 unspecified atom stereocenters. The number of amides is 1. The van der Waals surface area contributed by atoms with Gasteiger partial charge in [0.15, 0.2) is 0 Å². The number of halogens is 1. The maximum atomic E-state index is 13.4. The van der Waals surface area contributed by atoms with E-state index in [1.165, 1.54) is 18.2 Å². The van der Waals surface area contributed by atoms with Gasteiger partial charge in [-0.15, -0.1) is 11.8 Å². The molecule has 0 aliphatic rings. The van der Waals surface area contributed by atoms with Crippen molar-refractivity contribution in [3.63, 3.8) is 0 Å². The van der Waals surface area contributed by atoms with Crippen LogP contribution in [0.5, 0.6) is 0 Å². The molecule has 1 amide bonds. The Bertz CT molecular complexity index is 722. The van der Waals surface area contributed by atoms with E-state index in [0.29, 0.717) is 4.90 Å². The molecule has 2 aromatic rings. The predicted octanol–water partition coefficient (Wildman–Crippen LogP) is 3.77. The Morgan fingerprint density at radius 2 is 2.05 bits per heavy atom. The molecule has 0 spiro atoms. The number of benzene rings is 2. The number of carbonyl (C=O) groups is 1. The zero-order valence-corrected chi connectivity index (χ0v) is 12.5. The molecule has 22 heavy (non-hydrogen) atoms. The first-order chi connectivity index (χ1) is 10.5. The van der Waals surface area contributed by atoms with Crippen molar-refractivity contribution in [1.29, 1.82) is 0 Å². The third kappa shape index (κ3) is 4.05. The molecule has 0 radical (unpaired) electrons. The summed E-state index contributed by atoms with van der Waals surface area (Å²) in [5, 5.41) is 13.5. The molecule has 2 rings (SSSR count). The molecule has 114 valence electrons. The molecule has 0 saturated heterocycles. The van der Waals surface area contributed by atoms with Crippen LogP contribution in [-0.2, 0) is 4.79 Å². The van der Waals surface area contributed by atoms with Gasteiger partial charge in [-0.05, 0) is 30.7 Å². The maximum Gasteiger partial charge on any atom is 0.293 e. The van der Waals surface area contributed by atoms with E-state index in [0.717, 1.165) is 17.3 Å². The number of anilines is 1. The minimum absolute atomic E-state index is 0.0357. The van der Waals surface area contributed by atoms with Gasteiger partial charge in [0.1, 0.15) is 11.5 Å². The predicted molar refractivity (Wildman–Crippen MR) is 83.6 cm³/mol. The molecule has 0 aliphatic heterocycles. The standard InChI is InChI=1S/C15H13FN2O3S/c1-10-6-7-12(13(8-10)18(20)21)17-15(19)9-22-14-5-3-2-4-11(14)16/h2-8H,9H2,1H3,(H,17,19). The van der Waals surface area contributed by atoms with Crippen LogP contribution in [0, 0.1) is 22.9 Å². The SMILES string of the molecule is Cc1ccc(NC(=O)CSc2ccccc2F)c([N+](=O)[O-])c1. The topological polar surface area (TPSA) is 72.2 Å². The smallest absolute Gasteiger partial charge is 0.293 e. The number of hydrogen-bond acceptors (Lipinski definition) is 4. The Labute approximate surface area is 130 Å². The molecular formula is C15H13FN2O3S. The van der Waals surface area contributed by atoms with E-state index in [9.17, 15) is 19.3 Å². The number of hydrogen-bond donors (Lipinski definition) is 1. The van der Waals surface area contributed by atoms with Crippen LogP contribution in [0.1, 0.15) is 5.56 Å². The summed E-state index contributed by atoms with van der Waals surface area (Å²) < 4.78 is 13.4. The van der Waals surface area contributed by atoms with Gasteiger partial charge in [0.05, 0.1) is 10.7 Å². The zero-order chi connectivity index (χ0) is 16.1. The van der Waals surface area contributed by atoms with E-state index >= 15 is 0 Å². The van der Waals surface area contributed by atoms with Crippen LogP contribution in [0.2, 0.25) is 0 Å². The van der Waals surface area contributed by atoms with Crippen molar-refractivity contribution in [3.8, 4) is 0 Å². The lowest BCUT2D eigenvalue weighted by atomic mass is 10.2. The highest BCUT2D eigenvalue weighted by Gasteiger charge is 2.16. The monoisotopic (exact) mass is 320 g/mol. The van der Waals surface area contributed by atoms with Crippen molar-refractivity contribution >= 4 is 29.0 Å². The van der Waals surface area contributed by atoms with Gasteiger partial charge in [-0.3, -0.25) is 14.9 Å². The van der Waals surface area contributed by atoms with Gasteiger partial charge in [0, 0.05) is 11.0 Å². The van der Waals surface area contributed by atoms with Crippen molar-refractivity contribution in [2.75, 3.05) is 11.1 Å². The van der Waals surface area contributed by atoms with E-state index in [2.05, 4.69) is 5.32 Å². The number of nitro benzene ring substituents is 1. The fourth-order valence-corrected chi connectivity index (χ4v) is 2.53. The highest BCUT2D eigenvalue weighted by molar-refractivity contribution is 8.00. The van der Waals surface area contributed by atoms with Gasteiger partial charge >= 0.3 is 0 Å². The van der Waals surface area contributed by atoms with E-state index in [4.69, 9.17) is 0 Å². The molecule has 0 bridgehead atoms. The third-order valence-corrected chi connectivity index (χ3v) is 3.87. The molecule has 0 heterocycles. The quantitative estimate of drug-likeness (QED) is 0.517. The fraction of sp³-hybridized carbons (Fsp3) is 0.133. The van der Waals surface area contributed by atoms with Crippen LogP contribution in [0.15, 0.2) is 47.4 Å². The van der Waals surface area contributed by atoms with Crippen molar-refractivity contribution in [2.45, 2.75) is 11.8 Å². The van der Waals surface area contributed by atoms with E-state index in [1.54, 1.807) is 31.2 Å². The first-order valence-corrected chi connectivity index (χ1v) is 7.38. The van der Waals surface area contributed by atoms with Crippen LogP contribution in [-0.4, -0.2) is 16.6 Å². The summed E-state index contributed by atoms with van der Waals surface area (Å²) in [5.41, 5.74) is 0.699. The number of carbonyl (C=O) groups excluding carboxylic acids is 1. The summed E-state index contributed by atoms with van der Waals surface area (Å²) in [6.07, 6.45) is 0. The number of nitrogens with zero attached hydrogens (tertiary/aromatic N) is 1. The van der Waals surface area contributed by atoms with Crippen molar-refractivity contribution in [3.05, 3.63) is 64.0 Å². The zero-order valence-electron chi connectivity index (χ0n) is 11.7. The Balaban J connectivity index is 2.04. The van der Waals surface area contributed by atoms with Gasteiger partial charge in [-0.1, -0.05) is 18.2 Å². The lowest BCUT2D eigenvalue weighted by Crippen LogP contribution is -2.15. The van der Waals surface area contributed by atoms with Gasteiger partial charge in [-0.25, -0.2) is 4.39 Å². The molecule has 0 fully saturated rings. The highest BCUT2D eigenvalue weighted by atomic mass is 32.2.